The molecule has 0 saturated heterocycles. The second-order valence-corrected chi connectivity index (χ2v) is 7.29. The third-order valence-electron chi connectivity index (χ3n) is 5.51. The van der Waals surface area contributed by atoms with Crippen LogP contribution in [0.25, 0.3) is 0 Å². The van der Waals surface area contributed by atoms with Crippen molar-refractivity contribution in [3.63, 3.8) is 0 Å². The third kappa shape index (κ3) is 4.85. The molecule has 0 unspecified atom stereocenters. The maximum absolute atomic E-state index is 12.8. The Labute approximate surface area is 175 Å². The molecule has 152 valence electrons. The maximum Gasteiger partial charge on any atom is 0.310 e. The number of benzene rings is 2. The van der Waals surface area contributed by atoms with Gasteiger partial charge < -0.3 is 9.47 Å². The predicted octanol–water partition coefficient (Wildman–Crippen LogP) is 3.78. The summed E-state index contributed by atoms with van der Waals surface area (Å²) >= 11 is 0. The molecule has 4 atom stereocenters. The van der Waals surface area contributed by atoms with Crippen LogP contribution >= 0.6 is 0 Å². The summed E-state index contributed by atoms with van der Waals surface area (Å²) in [5.74, 6) is -3.42. The monoisotopic (exact) mass is 402 g/mol. The second kappa shape index (κ2) is 10.2. The molecular weight excluding hydrogens is 380 g/mol. The lowest BCUT2D eigenvalue weighted by Crippen LogP contribution is -2.54. The van der Waals surface area contributed by atoms with Crippen molar-refractivity contribution < 1.29 is 19.1 Å². The van der Waals surface area contributed by atoms with Gasteiger partial charge in [0.15, 0.2) is 0 Å². The molecule has 1 aliphatic rings. The highest BCUT2D eigenvalue weighted by molar-refractivity contribution is 5.85. The van der Waals surface area contributed by atoms with Crippen LogP contribution < -0.4 is 0 Å². The molecule has 30 heavy (non-hydrogen) atoms. The highest BCUT2D eigenvalue weighted by Gasteiger charge is 2.58. The van der Waals surface area contributed by atoms with E-state index < -0.39 is 35.6 Å². The summed E-state index contributed by atoms with van der Waals surface area (Å²) in [7, 11) is 0. The lowest BCUT2D eigenvalue weighted by Gasteiger charge is -2.47. The molecule has 0 aliphatic heterocycles. The summed E-state index contributed by atoms with van der Waals surface area (Å²) in [6, 6.07) is 22.6. The van der Waals surface area contributed by atoms with E-state index in [-0.39, 0.29) is 26.1 Å². The van der Waals surface area contributed by atoms with Crippen LogP contribution in [0.2, 0.25) is 0 Å². The Morgan fingerprint density at radius 3 is 1.40 bits per heavy atom. The van der Waals surface area contributed by atoms with Crippen molar-refractivity contribution in [3.05, 3.63) is 71.8 Å². The minimum Gasteiger partial charge on any atom is -0.461 e. The number of carbonyl (C=O) groups excluding carboxylic acids is 2. The van der Waals surface area contributed by atoms with Gasteiger partial charge in [0.1, 0.15) is 13.2 Å². The van der Waals surface area contributed by atoms with Crippen LogP contribution in [0, 0.1) is 46.3 Å². The van der Waals surface area contributed by atoms with Gasteiger partial charge in [-0.3, -0.25) is 9.59 Å². The van der Waals surface area contributed by atoms with Crippen molar-refractivity contribution in [3.8, 4) is 12.1 Å². The molecule has 2 aromatic rings. The van der Waals surface area contributed by atoms with Gasteiger partial charge in [-0.1, -0.05) is 60.7 Å². The molecule has 1 aliphatic carbocycles. The second-order valence-electron chi connectivity index (χ2n) is 7.29. The number of hydrogen-bond donors (Lipinski definition) is 0. The molecule has 2 aromatic carbocycles. The fourth-order valence-electron chi connectivity index (χ4n) is 3.98. The van der Waals surface area contributed by atoms with Gasteiger partial charge in [-0.15, -0.1) is 0 Å². The summed E-state index contributed by atoms with van der Waals surface area (Å²) in [6.45, 7) is 0.175. The van der Waals surface area contributed by atoms with Crippen LogP contribution in [0.15, 0.2) is 60.7 Å². The molecule has 6 nitrogen and oxygen atoms in total. The third-order valence-corrected chi connectivity index (χ3v) is 5.51. The number of rotatable bonds is 8. The van der Waals surface area contributed by atoms with Gasteiger partial charge in [0.25, 0.3) is 0 Å². The van der Waals surface area contributed by atoms with Crippen molar-refractivity contribution in [2.45, 2.75) is 26.1 Å². The minimum absolute atomic E-state index is 0.0832. The quantitative estimate of drug-likeness (QED) is 0.623. The standard InChI is InChI=1S/C24H22N2O4/c25-13-11-19-20(12-14-26)22(24(28)30-16-18-9-5-2-6-10-18)21(19)23(27)29-15-17-7-3-1-4-8-17/h1-10,19-22H,11-12,15-16H2/t19-,20-,21-,22-/m0/s1. The first-order valence-corrected chi connectivity index (χ1v) is 9.80. The topological polar surface area (TPSA) is 100 Å². The van der Waals surface area contributed by atoms with E-state index >= 15 is 0 Å². The zero-order valence-corrected chi connectivity index (χ0v) is 16.4. The summed E-state index contributed by atoms with van der Waals surface area (Å²) in [6.07, 6.45) is 0.166. The maximum atomic E-state index is 12.8. The van der Waals surface area contributed by atoms with E-state index in [0.29, 0.717) is 0 Å². The normalized spacial score (nSPS) is 22.1. The van der Waals surface area contributed by atoms with Crippen LogP contribution in [-0.2, 0) is 32.3 Å². The number of ether oxygens (including phenoxy) is 2. The molecule has 0 radical (unpaired) electrons. The van der Waals surface area contributed by atoms with Crippen LogP contribution in [-0.4, -0.2) is 11.9 Å². The molecule has 0 aromatic heterocycles. The summed E-state index contributed by atoms with van der Waals surface area (Å²) in [5.41, 5.74) is 1.66. The zero-order valence-electron chi connectivity index (χ0n) is 16.4. The SMILES string of the molecule is N#CC[C@H]1[C@H](CC#N)[C@H](C(=O)OCc2ccccc2)[C@H]1C(=O)OCc1ccccc1. The molecule has 0 spiro atoms. The lowest BCUT2D eigenvalue weighted by atomic mass is 9.54. The van der Waals surface area contributed by atoms with Gasteiger partial charge in [-0.25, -0.2) is 0 Å². The largest absolute Gasteiger partial charge is 0.461 e. The highest BCUT2D eigenvalue weighted by atomic mass is 16.5. The lowest BCUT2D eigenvalue weighted by molar-refractivity contribution is -0.183. The zero-order chi connectivity index (χ0) is 21.3. The fraction of sp³-hybridized carbons (Fsp3) is 0.333. The van der Waals surface area contributed by atoms with E-state index in [1.54, 1.807) is 0 Å². The van der Waals surface area contributed by atoms with E-state index in [1.165, 1.54) is 0 Å². The Bertz CT molecular complexity index is 867. The Balaban J connectivity index is 1.71. The van der Waals surface area contributed by atoms with Crippen LogP contribution in [0.3, 0.4) is 0 Å². The molecule has 3 rings (SSSR count). The fourth-order valence-corrected chi connectivity index (χ4v) is 3.98. The van der Waals surface area contributed by atoms with Gasteiger partial charge >= 0.3 is 11.9 Å². The molecule has 0 amide bonds. The summed E-state index contributed by atoms with van der Waals surface area (Å²) in [4.78, 5) is 25.6. The van der Waals surface area contributed by atoms with Gasteiger partial charge in [0.2, 0.25) is 0 Å². The molecule has 1 fully saturated rings. The smallest absolute Gasteiger partial charge is 0.310 e. The Kier molecular flexibility index (Phi) is 7.19. The Morgan fingerprint density at radius 1 is 0.700 bits per heavy atom. The minimum atomic E-state index is -0.782. The first-order chi connectivity index (χ1) is 14.7. The van der Waals surface area contributed by atoms with Crippen molar-refractivity contribution in [2.75, 3.05) is 0 Å². The van der Waals surface area contributed by atoms with Gasteiger partial charge in [-0.05, 0) is 23.0 Å². The molecule has 0 heterocycles. The number of esters is 2. The Morgan fingerprint density at radius 2 is 1.07 bits per heavy atom. The Hall–Kier alpha value is -3.64. The number of nitrogens with zero attached hydrogens (tertiary/aromatic N) is 2. The molecule has 6 heteroatoms. The predicted molar refractivity (Wildman–Crippen MR) is 107 cm³/mol. The summed E-state index contributed by atoms with van der Waals surface area (Å²) in [5, 5.41) is 18.3. The average Bonchev–Trinajstić information content (AvgIpc) is 2.78. The van der Waals surface area contributed by atoms with Crippen LogP contribution in [0.4, 0.5) is 0 Å². The van der Waals surface area contributed by atoms with E-state index in [9.17, 15) is 20.1 Å². The van der Waals surface area contributed by atoms with Crippen LogP contribution in [0.1, 0.15) is 24.0 Å². The van der Waals surface area contributed by atoms with Crippen molar-refractivity contribution >= 4 is 11.9 Å². The number of carbonyl (C=O) groups is 2. The van der Waals surface area contributed by atoms with E-state index in [2.05, 4.69) is 12.1 Å². The van der Waals surface area contributed by atoms with Crippen molar-refractivity contribution in [2.24, 2.45) is 23.7 Å². The van der Waals surface area contributed by atoms with Gasteiger partial charge in [0, 0.05) is 12.8 Å². The molecule has 0 bridgehead atoms. The molecule has 0 N–H and O–H groups in total. The van der Waals surface area contributed by atoms with E-state index in [0.717, 1.165) is 11.1 Å². The first-order valence-electron chi connectivity index (χ1n) is 9.80. The van der Waals surface area contributed by atoms with Crippen molar-refractivity contribution in [1.82, 2.24) is 0 Å². The van der Waals surface area contributed by atoms with Crippen molar-refractivity contribution in [1.29, 1.82) is 10.5 Å². The molecular formula is C24H22N2O4. The molecule has 1 saturated carbocycles. The average molecular weight is 402 g/mol. The van der Waals surface area contributed by atoms with Crippen LogP contribution in [0.5, 0.6) is 0 Å². The summed E-state index contributed by atoms with van der Waals surface area (Å²) < 4.78 is 10.9. The van der Waals surface area contributed by atoms with E-state index in [4.69, 9.17) is 9.47 Å². The van der Waals surface area contributed by atoms with E-state index in [1.807, 2.05) is 60.7 Å². The van der Waals surface area contributed by atoms with Gasteiger partial charge in [-0.2, -0.15) is 10.5 Å². The highest BCUT2D eigenvalue weighted by Crippen LogP contribution is 2.51. The number of hydrogen-bond acceptors (Lipinski definition) is 6. The number of nitriles is 2. The van der Waals surface area contributed by atoms with Gasteiger partial charge in [0.05, 0.1) is 24.0 Å². The first kappa shape index (κ1) is 21.1.